The zero-order chi connectivity index (χ0) is 15.4. The summed E-state index contributed by atoms with van der Waals surface area (Å²) in [4.78, 5) is 14.0. The topological polar surface area (TPSA) is 55.6 Å². The van der Waals surface area contributed by atoms with E-state index >= 15 is 0 Å². The maximum Gasteiger partial charge on any atom is 0.263 e. The largest absolute Gasteiger partial charge is 0.481 e. The first-order chi connectivity index (χ1) is 9.99. The van der Waals surface area contributed by atoms with Crippen molar-refractivity contribution in [2.75, 3.05) is 13.1 Å². The van der Waals surface area contributed by atoms with Gasteiger partial charge in [0, 0.05) is 24.7 Å². The first-order valence-corrected chi connectivity index (χ1v) is 7.44. The van der Waals surface area contributed by atoms with Crippen LogP contribution in [0.15, 0.2) is 18.2 Å². The lowest BCUT2D eigenvalue weighted by molar-refractivity contribution is -0.138. The highest BCUT2D eigenvalue weighted by Crippen LogP contribution is 2.19. The molecule has 1 saturated heterocycles. The lowest BCUT2D eigenvalue weighted by Gasteiger charge is -2.29. The van der Waals surface area contributed by atoms with Gasteiger partial charge in [0.25, 0.3) is 5.91 Å². The zero-order valence-corrected chi connectivity index (χ0v) is 12.8. The van der Waals surface area contributed by atoms with E-state index in [0.717, 1.165) is 32.4 Å². The van der Waals surface area contributed by atoms with Crippen LogP contribution in [0.1, 0.15) is 31.7 Å². The first-order valence-electron chi connectivity index (χ1n) is 7.04. The molecule has 1 amide bonds. The van der Waals surface area contributed by atoms with Crippen molar-refractivity contribution in [2.45, 2.75) is 32.3 Å². The van der Waals surface area contributed by atoms with Crippen molar-refractivity contribution in [3.63, 3.8) is 0 Å². The first kappa shape index (κ1) is 15.7. The standard InChI is InChI=1S/C15H19FN2O2S/c1-10(15(19)18-7-3-2-4-8-18)20-11-5-6-12(14(17)21)13(16)9-11/h5-6,9-10H,2-4,7-8H2,1H3,(H2,17,21). The van der Waals surface area contributed by atoms with Crippen molar-refractivity contribution in [3.8, 4) is 5.75 Å². The minimum Gasteiger partial charge on any atom is -0.481 e. The quantitative estimate of drug-likeness (QED) is 0.867. The third-order valence-electron chi connectivity index (χ3n) is 3.53. The number of rotatable bonds is 4. The van der Waals surface area contributed by atoms with Crippen LogP contribution in [0.25, 0.3) is 0 Å². The average Bonchev–Trinajstić information content (AvgIpc) is 2.47. The smallest absolute Gasteiger partial charge is 0.263 e. The summed E-state index contributed by atoms with van der Waals surface area (Å²) in [6.07, 6.45) is 2.56. The molecule has 1 heterocycles. The number of carbonyl (C=O) groups is 1. The number of hydrogen-bond acceptors (Lipinski definition) is 3. The normalized spacial score (nSPS) is 16.4. The number of thiocarbonyl (C=S) groups is 1. The Bertz CT molecular complexity index is 544. The highest BCUT2D eigenvalue weighted by Gasteiger charge is 2.23. The van der Waals surface area contributed by atoms with Crippen LogP contribution < -0.4 is 10.5 Å². The molecular weight excluding hydrogens is 291 g/mol. The molecule has 0 spiro atoms. The van der Waals surface area contributed by atoms with Crippen molar-refractivity contribution < 1.29 is 13.9 Å². The van der Waals surface area contributed by atoms with Gasteiger partial charge in [0.15, 0.2) is 6.10 Å². The van der Waals surface area contributed by atoms with Gasteiger partial charge in [-0.05, 0) is 38.3 Å². The van der Waals surface area contributed by atoms with Gasteiger partial charge >= 0.3 is 0 Å². The summed E-state index contributed by atoms with van der Waals surface area (Å²) in [6, 6.07) is 4.23. The number of piperidine rings is 1. The second-order valence-electron chi connectivity index (χ2n) is 5.15. The molecule has 1 unspecified atom stereocenters. The molecule has 1 aromatic rings. The van der Waals surface area contributed by atoms with Crippen molar-refractivity contribution in [1.29, 1.82) is 0 Å². The molecule has 21 heavy (non-hydrogen) atoms. The molecule has 0 radical (unpaired) electrons. The Kier molecular flexibility index (Phi) is 5.12. The number of amides is 1. The van der Waals surface area contributed by atoms with E-state index in [1.807, 2.05) is 0 Å². The summed E-state index contributed by atoms with van der Waals surface area (Å²) in [5, 5.41) is 0. The van der Waals surface area contributed by atoms with Gasteiger partial charge in [-0.2, -0.15) is 0 Å². The highest BCUT2D eigenvalue weighted by atomic mass is 32.1. The Labute approximate surface area is 129 Å². The Morgan fingerprint density at radius 1 is 1.38 bits per heavy atom. The van der Waals surface area contributed by atoms with Crippen LogP contribution >= 0.6 is 12.2 Å². The molecule has 1 atom stereocenters. The van der Waals surface area contributed by atoms with Gasteiger partial charge in [0.05, 0.1) is 0 Å². The number of nitrogens with zero attached hydrogens (tertiary/aromatic N) is 1. The monoisotopic (exact) mass is 310 g/mol. The lowest BCUT2D eigenvalue weighted by Crippen LogP contribution is -2.43. The van der Waals surface area contributed by atoms with Gasteiger partial charge < -0.3 is 15.4 Å². The van der Waals surface area contributed by atoms with E-state index in [1.54, 1.807) is 17.9 Å². The van der Waals surface area contributed by atoms with Crippen molar-refractivity contribution in [1.82, 2.24) is 4.90 Å². The van der Waals surface area contributed by atoms with Crippen LogP contribution in [0, 0.1) is 5.82 Å². The fourth-order valence-electron chi connectivity index (χ4n) is 2.39. The Morgan fingerprint density at radius 2 is 2.05 bits per heavy atom. The van der Waals surface area contributed by atoms with Crippen LogP contribution in [0.4, 0.5) is 4.39 Å². The highest BCUT2D eigenvalue weighted by molar-refractivity contribution is 7.80. The number of halogens is 1. The molecule has 1 fully saturated rings. The van der Waals surface area contributed by atoms with E-state index in [2.05, 4.69) is 0 Å². The number of benzene rings is 1. The number of nitrogens with two attached hydrogens (primary N) is 1. The number of likely N-dealkylation sites (tertiary alicyclic amines) is 1. The molecule has 0 bridgehead atoms. The van der Waals surface area contributed by atoms with E-state index in [9.17, 15) is 9.18 Å². The van der Waals surface area contributed by atoms with Gasteiger partial charge in [-0.25, -0.2) is 4.39 Å². The summed E-state index contributed by atoms with van der Waals surface area (Å²) in [5.74, 6) is -0.309. The summed E-state index contributed by atoms with van der Waals surface area (Å²) in [6.45, 7) is 3.21. The minimum absolute atomic E-state index is 0.00325. The van der Waals surface area contributed by atoms with E-state index in [0.29, 0.717) is 5.75 Å². The third kappa shape index (κ3) is 3.91. The minimum atomic E-state index is -0.641. The molecular formula is C15H19FN2O2S. The Hall–Kier alpha value is -1.69. The predicted octanol–water partition coefficient (Wildman–Crippen LogP) is 2.24. The van der Waals surface area contributed by atoms with E-state index < -0.39 is 11.9 Å². The van der Waals surface area contributed by atoms with Gasteiger partial charge in [-0.3, -0.25) is 4.79 Å². The fourth-order valence-corrected chi connectivity index (χ4v) is 2.56. The molecule has 6 heteroatoms. The summed E-state index contributed by atoms with van der Waals surface area (Å²) in [5.41, 5.74) is 5.57. The van der Waals surface area contributed by atoms with Crippen LogP contribution in [-0.4, -0.2) is 35.0 Å². The summed E-state index contributed by atoms with van der Waals surface area (Å²) < 4.78 is 19.3. The second-order valence-corrected chi connectivity index (χ2v) is 5.59. The third-order valence-corrected chi connectivity index (χ3v) is 3.75. The van der Waals surface area contributed by atoms with Crippen molar-refractivity contribution in [2.24, 2.45) is 5.73 Å². The van der Waals surface area contributed by atoms with E-state index in [4.69, 9.17) is 22.7 Å². The summed E-state index contributed by atoms with van der Waals surface area (Å²) >= 11 is 4.74. The SMILES string of the molecule is CC(Oc1ccc(C(N)=S)c(F)c1)C(=O)N1CCCCC1. The number of carbonyl (C=O) groups excluding carboxylic acids is 1. The van der Waals surface area contributed by atoms with Crippen molar-refractivity contribution >= 4 is 23.1 Å². The molecule has 0 aromatic heterocycles. The number of ether oxygens (including phenoxy) is 1. The van der Waals surface area contributed by atoms with Crippen LogP contribution in [-0.2, 0) is 4.79 Å². The molecule has 114 valence electrons. The Morgan fingerprint density at radius 3 is 2.62 bits per heavy atom. The van der Waals surface area contributed by atoms with E-state index in [1.165, 1.54) is 12.1 Å². The fraction of sp³-hybridized carbons (Fsp3) is 0.467. The average molecular weight is 310 g/mol. The number of hydrogen-bond donors (Lipinski definition) is 1. The van der Waals surface area contributed by atoms with Crippen LogP contribution in [0.2, 0.25) is 0 Å². The van der Waals surface area contributed by atoms with Crippen molar-refractivity contribution in [3.05, 3.63) is 29.6 Å². The summed E-state index contributed by atoms with van der Waals surface area (Å²) in [7, 11) is 0. The Balaban J connectivity index is 2.01. The van der Waals surface area contributed by atoms with E-state index in [-0.39, 0.29) is 16.5 Å². The van der Waals surface area contributed by atoms with Crippen LogP contribution in [0.3, 0.4) is 0 Å². The molecule has 0 saturated carbocycles. The second kappa shape index (κ2) is 6.85. The molecule has 2 N–H and O–H groups in total. The predicted molar refractivity (Wildman–Crippen MR) is 82.8 cm³/mol. The molecule has 0 aliphatic carbocycles. The van der Waals surface area contributed by atoms with Crippen LogP contribution in [0.5, 0.6) is 5.75 Å². The van der Waals surface area contributed by atoms with Gasteiger partial charge in [-0.1, -0.05) is 12.2 Å². The molecule has 1 aliphatic heterocycles. The maximum atomic E-state index is 13.8. The van der Waals surface area contributed by atoms with Gasteiger partial charge in [0.2, 0.25) is 0 Å². The molecule has 2 rings (SSSR count). The van der Waals surface area contributed by atoms with Gasteiger partial charge in [-0.15, -0.1) is 0 Å². The lowest BCUT2D eigenvalue weighted by atomic mass is 10.1. The zero-order valence-electron chi connectivity index (χ0n) is 12.0. The maximum absolute atomic E-state index is 13.8. The molecule has 1 aromatic carbocycles. The van der Waals surface area contributed by atoms with Gasteiger partial charge in [0.1, 0.15) is 16.6 Å². The molecule has 4 nitrogen and oxygen atoms in total. The molecule has 1 aliphatic rings.